The number of aromatic nitrogens is 3. The number of ether oxygens (including phenoxy) is 1. The van der Waals surface area contributed by atoms with Crippen LogP contribution >= 0.6 is 0 Å². The molecule has 2 aliphatic rings. The molecule has 6 heteroatoms. The van der Waals surface area contributed by atoms with Crippen LogP contribution in [0.2, 0.25) is 0 Å². The van der Waals surface area contributed by atoms with Gasteiger partial charge in [-0.05, 0) is 75.2 Å². The zero-order chi connectivity index (χ0) is 21.4. The van der Waals surface area contributed by atoms with E-state index in [9.17, 15) is 0 Å². The number of hydrogen-bond acceptors (Lipinski definition) is 5. The summed E-state index contributed by atoms with van der Waals surface area (Å²) in [7, 11) is 1.99. The molecule has 6 nitrogen and oxygen atoms in total. The SMILES string of the molecule is Cc1cc(N2CCOCC2)ccc1CN1CCC(c2ccc3c(C)nn(C)c3n2)CC1. The summed E-state index contributed by atoms with van der Waals surface area (Å²) in [5.41, 5.74) is 7.45. The summed E-state index contributed by atoms with van der Waals surface area (Å²) in [5, 5.41) is 5.68. The van der Waals surface area contributed by atoms with Gasteiger partial charge in [0.2, 0.25) is 0 Å². The third kappa shape index (κ3) is 4.19. The molecule has 0 bridgehead atoms. The van der Waals surface area contributed by atoms with Gasteiger partial charge in [-0.1, -0.05) is 6.07 Å². The van der Waals surface area contributed by atoms with Crippen LogP contribution in [0.3, 0.4) is 0 Å². The highest BCUT2D eigenvalue weighted by atomic mass is 16.5. The van der Waals surface area contributed by atoms with E-state index in [-0.39, 0.29) is 0 Å². The number of fused-ring (bicyclic) bond motifs is 1. The van der Waals surface area contributed by atoms with Gasteiger partial charge < -0.3 is 9.64 Å². The van der Waals surface area contributed by atoms with E-state index >= 15 is 0 Å². The highest BCUT2D eigenvalue weighted by Gasteiger charge is 2.23. The first kappa shape index (κ1) is 20.5. The number of aryl methyl sites for hydroxylation is 3. The molecule has 4 heterocycles. The fourth-order valence-corrected chi connectivity index (χ4v) is 5.05. The van der Waals surface area contributed by atoms with Crippen molar-refractivity contribution in [1.82, 2.24) is 19.7 Å². The van der Waals surface area contributed by atoms with Crippen molar-refractivity contribution in [2.24, 2.45) is 7.05 Å². The van der Waals surface area contributed by atoms with Crippen molar-refractivity contribution in [3.8, 4) is 0 Å². The second kappa shape index (κ2) is 8.60. The zero-order valence-electron chi connectivity index (χ0n) is 19.0. The number of pyridine rings is 1. The van der Waals surface area contributed by atoms with E-state index < -0.39 is 0 Å². The van der Waals surface area contributed by atoms with E-state index in [1.807, 2.05) is 11.7 Å². The van der Waals surface area contributed by atoms with Gasteiger partial charge in [-0.3, -0.25) is 9.58 Å². The van der Waals surface area contributed by atoms with Crippen LogP contribution in [-0.2, 0) is 18.3 Å². The molecule has 1 aromatic carbocycles. The third-order valence-corrected chi connectivity index (χ3v) is 7.00. The van der Waals surface area contributed by atoms with Gasteiger partial charge in [0.05, 0.1) is 18.9 Å². The number of anilines is 1. The lowest BCUT2D eigenvalue weighted by Gasteiger charge is -2.32. The van der Waals surface area contributed by atoms with Gasteiger partial charge in [0.1, 0.15) is 0 Å². The Balaban J connectivity index is 1.21. The summed E-state index contributed by atoms with van der Waals surface area (Å²) in [6.45, 7) is 11.2. The second-order valence-corrected chi connectivity index (χ2v) is 9.08. The van der Waals surface area contributed by atoms with Crippen molar-refractivity contribution in [3.63, 3.8) is 0 Å². The van der Waals surface area contributed by atoms with Gasteiger partial charge in [-0.25, -0.2) is 4.98 Å². The van der Waals surface area contributed by atoms with Crippen molar-refractivity contribution in [3.05, 3.63) is 52.8 Å². The Morgan fingerprint density at radius 2 is 1.77 bits per heavy atom. The van der Waals surface area contributed by atoms with E-state index in [0.29, 0.717) is 5.92 Å². The van der Waals surface area contributed by atoms with Gasteiger partial charge in [0.15, 0.2) is 5.65 Å². The average Bonchev–Trinajstić information content (AvgIpc) is 3.09. The summed E-state index contributed by atoms with van der Waals surface area (Å²) in [4.78, 5) is 9.99. The van der Waals surface area contributed by atoms with Crippen LogP contribution in [0.5, 0.6) is 0 Å². The molecule has 0 unspecified atom stereocenters. The van der Waals surface area contributed by atoms with Crippen molar-refractivity contribution >= 4 is 16.7 Å². The maximum absolute atomic E-state index is 5.49. The molecule has 2 aromatic heterocycles. The smallest absolute Gasteiger partial charge is 0.158 e. The summed E-state index contributed by atoms with van der Waals surface area (Å²) in [6, 6.07) is 11.4. The first-order chi connectivity index (χ1) is 15.1. The molecule has 0 amide bonds. The minimum atomic E-state index is 0.542. The third-order valence-electron chi connectivity index (χ3n) is 7.00. The quantitative estimate of drug-likeness (QED) is 0.644. The number of piperidine rings is 1. The number of rotatable bonds is 4. The fourth-order valence-electron chi connectivity index (χ4n) is 5.05. The Morgan fingerprint density at radius 1 is 1.00 bits per heavy atom. The Labute approximate surface area is 184 Å². The van der Waals surface area contributed by atoms with Gasteiger partial charge in [-0.15, -0.1) is 0 Å². The van der Waals surface area contributed by atoms with Gasteiger partial charge in [0, 0.05) is 49.4 Å². The number of morpholine rings is 1. The van der Waals surface area contributed by atoms with E-state index in [2.05, 4.69) is 59.1 Å². The number of benzene rings is 1. The molecule has 2 saturated heterocycles. The number of nitrogens with zero attached hydrogens (tertiary/aromatic N) is 5. The van der Waals surface area contributed by atoms with Gasteiger partial charge in [-0.2, -0.15) is 5.10 Å². The Kier molecular flexibility index (Phi) is 5.67. The maximum Gasteiger partial charge on any atom is 0.158 e. The molecule has 3 aromatic rings. The average molecular weight is 420 g/mol. The normalized spacial score (nSPS) is 18.7. The van der Waals surface area contributed by atoms with E-state index in [4.69, 9.17) is 9.72 Å². The minimum absolute atomic E-state index is 0.542. The summed E-state index contributed by atoms with van der Waals surface area (Å²) >= 11 is 0. The first-order valence-electron chi connectivity index (χ1n) is 11.5. The molecule has 31 heavy (non-hydrogen) atoms. The monoisotopic (exact) mass is 419 g/mol. The molecule has 2 aliphatic heterocycles. The highest BCUT2D eigenvalue weighted by Crippen LogP contribution is 2.30. The molecule has 2 fully saturated rings. The number of likely N-dealkylation sites (tertiary alicyclic amines) is 1. The molecule has 5 rings (SSSR count). The van der Waals surface area contributed by atoms with Crippen LogP contribution in [0.25, 0.3) is 11.0 Å². The Morgan fingerprint density at radius 3 is 2.52 bits per heavy atom. The van der Waals surface area contributed by atoms with Gasteiger partial charge in [0.25, 0.3) is 0 Å². The van der Waals surface area contributed by atoms with Crippen LogP contribution in [0.4, 0.5) is 5.69 Å². The van der Waals surface area contributed by atoms with E-state index in [1.165, 1.54) is 40.7 Å². The standard InChI is InChI=1S/C25H33N5O/c1-18-16-22(30-12-14-31-15-13-30)5-4-21(18)17-29-10-8-20(9-11-29)24-7-6-23-19(2)27-28(3)25(23)26-24/h4-7,16,20H,8-15,17H2,1-3H3. The summed E-state index contributed by atoms with van der Waals surface area (Å²) in [5.74, 6) is 0.542. The van der Waals surface area contributed by atoms with Crippen LogP contribution in [0.15, 0.2) is 30.3 Å². The molecule has 0 N–H and O–H groups in total. The van der Waals surface area contributed by atoms with Crippen LogP contribution in [0.1, 0.15) is 41.3 Å². The topological polar surface area (TPSA) is 46.4 Å². The molecular formula is C25H33N5O. The van der Waals surface area contributed by atoms with Crippen molar-refractivity contribution in [2.75, 3.05) is 44.3 Å². The fraction of sp³-hybridized carbons (Fsp3) is 0.520. The first-order valence-corrected chi connectivity index (χ1v) is 11.5. The minimum Gasteiger partial charge on any atom is -0.378 e. The lowest BCUT2D eigenvalue weighted by Crippen LogP contribution is -2.36. The zero-order valence-corrected chi connectivity index (χ0v) is 19.0. The lowest BCUT2D eigenvalue weighted by molar-refractivity contribution is 0.122. The van der Waals surface area contributed by atoms with Crippen LogP contribution in [0, 0.1) is 13.8 Å². The van der Waals surface area contributed by atoms with Crippen molar-refractivity contribution < 1.29 is 4.74 Å². The van der Waals surface area contributed by atoms with Crippen LogP contribution < -0.4 is 4.90 Å². The van der Waals surface area contributed by atoms with Crippen molar-refractivity contribution in [1.29, 1.82) is 0 Å². The largest absolute Gasteiger partial charge is 0.378 e. The van der Waals surface area contributed by atoms with E-state index in [1.54, 1.807) is 0 Å². The van der Waals surface area contributed by atoms with Gasteiger partial charge >= 0.3 is 0 Å². The van der Waals surface area contributed by atoms with Crippen LogP contribution in [-0.4, -0.2) is 59.1 Å². The second-order valence-electron chi connectivity index (χ2n) is 9.08. The number of hydrogen-bond donors (Lipinski definition) is 0. The predicted molar refractivity (Wildman–Crippen MR) is 125 cm³/mol. The summed E-state index contributed by atoms with van der Waals surface area (Å²) < 4.78 is 7.40. The van der Waals surface area contributed by atoms with E-state index in [0.717, 1.165) is 57.3 Å². The Hall–Kier alpha value is -2.44. The molecule has 0 spiro atoms. The maximum atomic E-state index is 5.49. The molecule has 0 aliphatic carbocycles. The molecule has 164 valence electrons. The molecule has 0 radical (unpaired) electrons. The molecule has 0 saturated carbocycles. The van der Waals surface area contributed by atoms with Crippen molar-refractivity contribution in [2.45, 2.75) is 39.2 Å². The molecular weight excluding hydrogens is 386 g/mol. The lowest BCUT2D eigenvalue weighted by atomic mass is 9.92. The molecule has 0 atom stereocenters. The Bertz CT molecular complexity index is 1060. The summed E-state index contributed by atoms with van der Waals surface area (Å²) in [6.07, 6.45) is 2.33. The highest BCUT2D eigenvalue weighted by molar-refractivity contribution is 5.78. The predicted octanol–water partition coefficient (Wildman–Crippen LogP) is 3.80.